The summed E-state index contributed by atoms with van der Waals surface area (Å²) in [5.41, 5.74) is 0.481. The Morgan fingerprint density at radius 2 is 2.29 bits per heavy atom. The lowest BCUT2D eigenvalue weighted by atomic mass is 10.2. The number of hydrogen-bond donors (Lipinski definition) is 1. The fourth-order valence-electron chi connectivity index (χ4n) is 1.90. The van der Waals surface area contributed by atoms with Crippen molar-refractivity contribution in [2.45, 2.75) is 18.8 Å². The van der Waals surface area contributed by atoms with Gasteiger partial charge >= 0.3 is 0 Å². The summed E-state index contributed by atoms with van der Waals surface area (Å²) in [5, 5.41) is 2.72. The normalized spacial score (nSPS) is 18.0. The van der Waals surface area contributed by atoms with Crippen molar-refractivity contribution in [1.82, 2.24) is 10.3 Å². The third kappa shape index (κ3) is 4.87. The number of nitrogens with zero attached hydrogens (tertiary/aromatic N) is 1. The van der Waals surface area contributed by atoms with Crippen LogP contribution in [0.1, 0.15) is 16.8 Å². The third-order valence-electron chi connectivity index (χ3n) is 3.13. The van der Waals surface area contributed by atoms with Crippen molar-refractivity contribution in [1.29, 1.82) is 0 Å². The molecule has 2 rings (SSSR count). The van der Waals surface area contributed by atoms with E-state index in [0.29, 0.717) is 11.4 Å². The van der Waals surface area contributed by atoms with Gasteiger partial charge in [-0.2, -0.15) is 11.8 Å². The van der Waals surface area contributed by atoms with Crippen molar-refractivity contribution in [2.24, 2.45) is 0 Å². The van der Waals surface area contributed by atoms with Gasteiger partial charge in [0.25, 0.3) is 5.91 Å². The second-order valence-electron chi connectivity index (χ2n) is 4.60. The molecule has 1 fully saturated rings. The van der Waals surface area contributed by atoms with Gasteiger partial charge < -0.3 is 19.5 Å². The molecule has 6 nitrogen and oxygen atoms in total. The molecule has 1 N–H and O–H groups in total. The van der Waals surface area contributed by atoms with Gasteiger partial charge in [-0.3, -0.25) is 4.79 Å². The lowest BCUT2D eigenvalue weighted by molar-refractivity contribution is -0.0974. The molecule has 21 heavy (non-hydrogen) atoms. The molecule has 0 aliphatic carbocycles. The number of pyridine rings is 1. The Kier molecular flexibility index (Phi) is 6.28. The summed E-state index contributed by atoms with van der Waals surface area (Å²) in [7, 11) is 3.05. The summed E-state index contributed by atoms with van der Waals surface area (Å²) in [6.45, 7) is 0.281. The molecule has 1 saturated heterocycles. The van der Waals surface area contributed by atoms with Gasteiger partial charge in [-0.25, -0.2) is 4.98 Å². The van der Waals surface area contributed by atoms with Crippen molar-refractivity contribution >= 4 is 17.7 Å². The van der Waals surface area contributed by atoms with Gasteiger partial charge in [-0.1, -0.05) is 0 Å². The zero-order chi connectivity index (χ0) is 15.1. The molecule has 0 bridgehead atoms. The molecule has 1 aliphatic rings. The number of thioether (sulfide) groups is 1. The molecular formula is C14H20N2O4S. The molecule has 116 valence electrons. The van der Waals surface area contributed by atoms with Crippen molar-refractivity contribution < 1.29 is 19.0 Å². The van der Waals surface area contributed by atoms with E-state index in [2.05, 4.69) is 10.3 Å². The maximum Gasteiger partial charge on any atom is 0.253 e. The first-order valence-electron chi connectivity index (χ1n) is 6.77. The predicted molar refractivity (Wildman–Crippen MR) is 80.7 cm³/mol. The number of nitrogens with one attached hydrogen (secondary N) is 1. The Hall–Kier alpha value is -1.31. The first kappa shape index (κ1) is 16.1. The lowest BCUT2D eigenvalue weighted by Gasteiger charge is -2.14. The van der Waals surface area contributed by atoms with E-state index in [1.165, 1.54) is 20.4 Å². The topological polar surface area (TPSA) is 69.7 Å². The molecule has 7 heteroatoms. The molecule has 0 saturated carbocycles. The smallest absolute Gasteiger partial charge is 0.253 e. The van der Waals surface area contributed by atoms with Crippen LogP contribution in [0.5, 0.6) is 5.88 Å². The van der Waals surface area contributed by atoms with Crippen LogP contribution < -0.4 is 10.1 Å². The van der Waals surface area contributed by atoms with Crippen molar-refractivity contribution in [2.75, 3.05) is 32.3 Å². The number of amides is 1. The van der Waals surface area contributed by atoms with Crippen molar-refractivity contribution in [3.63, 3.8) is 0 Å². The van der Waals surface area contributed by atoms with Crippen LogP contribution >= 0.6 is 11.8 Å². The number of hydrogen-bond acceptors (Lipinski definition) is 6. The maximum atomic E-state index is 11.9. The van der Waals surface area contributed by atoms with Gasteiger partial charge in [0, 0.05) is 32.2 Å². The lowest BCUT2D eigenvalue weighted by Crippen LogP contribution is -2.34. The number of ether oxygens (including phenoxy) is 3. The van der Waals surface area contributed by atoms with Gasteiger partial charge in [0.2, 0.25) is 5.88 Å². The van der Waals surface area contributed by atoms with E-state index in [0.717, 1.165) is 17.9 Å². The monoisotopic (exact) mass is 312 g/mol. The second kappa shape index (κ2) is 8.21. The molecule has 0 spiro atoms. The van der Waals surface area contributed by atoms with E-state index < -0.39 is 6.29 Å². The highest BCUT2D eigenvalue weighted by molar-refractivity contribution is 7.99. The first-order valence-corrected chi connectivity index (χ1v) is 7.92. The van der Waals surface area contributed by atoms with Crippen LogP contribution in [0.25, 0.3) is 0 Å². The molecule has 1 aromatic rings. The molecule has 1 aromatic heterocycles. The number of carbonyl (C=O) groups excluding carboxylic acids is 1. The molecule has 1 amide bonds. The molecule has 0 aromatic carbocycles. The second-order valence-corrected chi connectivity index (χ2v) is 5.75. The Morgan fingerprint density at radius 1 is 1.48 bits per heavy atom. The highest BCUT2D eigenvalue weighted by atomic mass is 32.2. The van der Waals surface area contributed by atoms with E-state index in [1.54, 1.807) is 12.1 Å². The van der Waals surface area contributed by atoms with E-state index >= 15 is 0 Å². The van der Waals surface area contributed by atoms with E-state index in [1.807, 2.05) is 11.8 Å². The number of rotatable bonds is 7. The Bertz CT molecular complexity index is 445. The van der Waals surface area contributed by atoms with Crippen molar-refractivity contribution in [3.8, 4) is 5.88 Å². The summed E-state index contributed by atoms with van der Waals surface area (Å²) >= 11 is 1.88. The van der Waals surface area contributed by atoms with Crippen LogP contribution in [-0.4, -0.2) is 55.6 Å². The quantitative estimate of drug-likeness (QED) is 0.766. The van der Waals surface area contributed by atoms with Crippen LogP contribution in [-0.2, 0) is 9.47 Å². The van der Waals surface area contributed by atoms with Gasteiger partial charge in [0.05, 0.1) is 12.1 Å². The van der Waals surface area contributed by atoms with Crippen LogP contribution in [0.15, 0.2) is 18.3 Å². The van der Waals surface area contributed by atoms with Gasteiger partial charge in [-0.05, 0) is 18.2 Å². The van der Waals surface area contributed by atoms with Crippen molar-refractivity contribution in [3.05, 3.63) is 23.9 Å². The van der Waals surface area contributed by atoms with Gasteiger partial charge in [0.15, 0.2) is 6.29 Å². The third-order valence-corrected chi connectivity index (χ3v) is 4.26. The fraction of sp³-hybridized carbons (Fsp3) is 0.571. The number of carbonyl (C=O) groups is 1. The minimum Gasteiger partial charge on any atom is -0.473 e. The summed E-state index contributed by atoms with van der Waals surface area (Å²) in [4.78, 5) is 16.1. The Morgan fingerprint density at radius 3 is 2.86 bits per heavy atom. The summed E-state index contributed by atoms with van der Waals surface area (Å²) < 4.78 is 15.7. The molecule has 1 aliphatic heterocycles. The van der Waals surface area contributed by atoms with E-state index in [4.69, 9.17) is 14.2 Å². The standard InChI is InChI=1S/C14H20N2O4S/c1-18-13(19-2)8-16-14(17)10-3-4-12(15-7-10)20-11-5-6-21-9-11/h3-4,7,11,13H,5-6,8-9H2,1-2H3,(H,16,17)/t11-/m0/s1. The summed E-state index contributed by atoms with van der Waals surface area (Å²) in [6, 6.07) is 3.43. The molecule has 0 radical (unpaired) electrons. The zero-order valence-corrected chi connectivity index (χ0v) is 13.0. The minimum absolute atomic E-state index is 0.218. The first-order chi connectivity index (χ1) is 10.2. The van der Waals surface area contributed by atoms with Crippen LogP contribution in [0.3, 0.4) is 0 Å². The Labute approximate surface area is 128 Å². The largest absolute Gasteiger partial charge is 0.473 e. The summed E-state index contributed by atoms with van der Waals surface area (Å²) in [6.07, 6.45) is 2.33. The number of methoxy groups -OCH3 is 2. The number of aromatic nitrogens is 1. The van der Waals surface area contributed by atoms with Gasteiger partial charge in [-0.15, -0.1) is 0 Å². The molecule has 2 heterocycles. The average Bonchev–Trinajstić information content (AvgIpc) is 3.02. The van der Waals surface area contributed by atoms with Gasteiger partial charge in [0.1, 0.15) is 6.10 Å². The maximum absolute atomic E-state index is 11.9. The highest BCUT2D eigenvalue weighted by Crippen LogP contribution is 2.21. The van der Waals surface area contributed by atoms with Crippen LogP contribution in [0.2, 0.25) is 0 Å². The molecular weight excluding hydrogens is 292 g/mol. The Balaban J connectivity index is 1.84. The van der Waals surface area contributed by atoms with E-state index in [9.17, 15) is 4.79 Å². The van der Waals surface area contributed by atoms with Crippen LogP contribution in [0.4, 0.5) is 0 Å². The fourth-order valence-corrected chi connectivity index (χ4v) is 3.00. The van der Waals surface area contributed by atoms with E-state index in [-0.39, 0.29) is 18.6 Å². The average molecular weight is 312 g/mol. The summed E-state index contributed by atoms with van der Waals surface area (Å²) in [5.74, 6) is 2.47. The molecule has 0 unspecified atom stereocenters. The molecule has 1 atom stereocenters. The SMILES string of the molecule is COC(CNC(=O)c1ccc(O[C@H]2CCSC2)nc1)OC. The highest BCUT2D eigenvalue weighted by Gasteiger charge is 2.17. The van der Waals surface area contributed by atoms with Crippen LogP contribution in [0, 0.1) is 0 Å². The predicted octanol–water partition coefficient (Wildman–Crippen LogP) is 1.31. The zero-order valence-electron chi connectivity index (χ0n) is 12.2. The minimum atomic E-state index is -0.454.